The highest BCUT2D eigenvalue weighted by molar-refractivity contribution is 7.18. The average Bonchev–Trinajstić information content (AvgIpc) is 3.35. The van der Waals surface area contributed by atoms with Gasteiger partial charge in [0.2, 0.25) is 6.79 Å². The molecule has 2 aromatic carbocycles. The SMILES string of the molecule is CN(Cc1nc2ccccc2s1)C(=O)COC(=O)/C=C/c1ccc2c(c1)OCO2. The van der Waals surface area contributed by atoms with Gasteiger partial charge in [0.1, 0.15) is 5.01 Å². The lowest BCUT2D eigenvalue weighted by Gasteiger charge is -2.15. The number of thiazole rings is 1. The molecule has 1 aliphatic rings. The van der Waals surface area contributed by atoms with E-state index in [-0.39, 0.29) is 19.3 Å². The van der Waals surface area contributed by atoms with Crippen LogP contribution in [-0.4, -0.2) is 42.2 Å². The van der Waals surface area contributed by atoms with Gasteiger partial charge in [0.15, 0.2) is 18.1 Å². The van der Waals surface area contributed by atoms with Gasteiger partial charge < -0.3 is 19.1 Å². The van der Waals surface area contributed by atoms with Crippen molar-refractivity contribution < 1.29 is 23.8 Å². The molecule has 0 atom stereocenters. The maximum absolute atomic E-state index is 12.2. The van der Waals surface area contributed by atoms with Crippen molar-refractivity contribution in [2.24, 2.45) is 0 Å². The molecule has 0 aliphatic carbocycles. The molecule has 0 spiro atoms. The monoisotopic (exact) mass is 410 g/mol. The van der Waals surface area contributed by atoms with E-state index in [0.717, 1.165) is 20.8 Å². The predicted molar refractivity (Wildman–Crippen MR) is 109 cm³/mol. The first-order valence-electron chi connectivity index (χ1n) is 8.91. The van der Waals surface area contributed by atoms with Crippen molar-refractivity contribution in [3.63, 3.8) is 0 Å². The van der Waals surface area contributed by atoms with Gasteiger partial charge in [0, 0.05) is 13.1 Å². The fourth-order valence-electron chi connectivity index (χ4n) is 2.75. The van der Waals surface area contributed by atoms with Crippen LogP contribution >= 0.6 is 11.3 Å². The number of carbonyl (C=O) groups excluding carboxylic acids is 2. The number of ether oxygens (including phenoxy) is 3. The Kier molecular flexibility index (Phi) is 5.44. The number of hydrogen-bond donors (Lipinski definition) is 0. The Morgan fingerprint density at radius 2 is 2.03 bits per heavy atom. The molecule has 0 radical (unpaired) electrons. The Morgan fingerprint density at radius 1 is 1.21 bits per heavy atom. The van der Waals surface area contributed by atoms with Crippen LogP contribution in [-0.2, 0) is 20.9 Å². The van der Waals surface area contributed by atoms with E-state index in [1.807, 2.05) is 24.3 Å². The van der Waals surface area contributed by atoms with E-state index >= 15 is 0 Å². The summed E-state index contributed by atoms with van der Waals surface area (Å²) in [6.45, 7) is 0.228. The van der Waals surface area contributed by atoms with Crippen LogP contribution in [0, 0.1) is 0 Å². The molecule has 3 aromatic rings. The predicted octanol–water partition coefficient (Wildman–Crippen LogP) is 3.24. The van der Waals surface area contributed by atoms with Crippen LogP contribution in [0.3, 0.4) is 0 Å². The number of likely N-dealkylation sites (N-methyl/N-ethyl adjacent to an activating group) is 1. The molecule has 0 saturated heterocycles. The zero-order valence-electron chi connectivity index (χ0n) is 15.7. The van der Waals surface area contributed by atoms with E-state index in [2.05, 4.69) is 4.98 Å². The molecule has 0 N–H and O–H groups in total. The van der Waals surface area contributed by atoms with Crippen LogP contribution in [0.5, 0.6) is 11.5 Å². The molecule has 8 heteroatoms. The maximum Gasteiger partial charge on any atom is 0.331 e. The molecule has 148 valence electrons. The third-order valence-electron chi connectivity index (χ3n) is 4.28. The average molecular weight is 410 g/mol. The molecular weight excluding hydrogens is 392 g/mol. The van der Waals surface area contributed by atoms with Crippen LogP contribution < -0.4 is 9.47 Å². The molecule has 1 aromatic heterocycles. The number of amides is 1. The molecule has 7 nitrogen and oxygen atoms in total. The van der Waals surface area contributed by atoms with E-state index in [9.17, 15) is 9.59 Å². The van der Waals surface area contributed by atoms with Gasteiger partial charge >= 0.3 is 5.97 Å². The smallest absolute Gasteiger partial charge is 0.331 e. The summed E-state index contributed by atoms with van der Waals surface area (Å²) in [5.41, 5.74) is 1.68. The standard InChI is InChI=1S/C21H18N2O5S/c1-23(11-19-22-15-4-2-3-5-18(15)29-19)20(24)12-26-21(25)9-7-14-6-8-16-17(10-14)28-13-27-16/h2-10H,11-13H2,1H3/b9-7+. The van der Waals surface area contributed by atoms with E-state index in [0.29, 0.717) is 18.0 Å². The molecule has 0 fully saturated rings. The minimum atomic E-state index is -0.593. The Labute approximate surface area is 171 Å². The Hall–Kier alpha value is -3.39. The molecule has 0 unspecified atom stereocenters. The molecular formula is C21H18N2O5S. The summed E-state index contributed by atoms with van der Waals surface area (Å²) < 4.78 is 16.7. The van der Waals surface area contributed by atoms with Crippen LogP contribution in [0.15, 0.2) is 48.5 Å². The van der Waals surface area contributed by atoms with Gasteiger partial charge in [0.05, 0.1) is 16.8 Å². The van der Waals surface area contributed by atoms with Crippen molar-refractivity contribution in [2.45, 2.75) is 6.54 Å². The van der Waals surface area contributed by atoms with Gasteiger partial charge in [-0.3, -0.25) is 4.79 Å². The van der Waals surface area contributed by atoms with Gasteiger partial charge in [-0.05, 0) is 35.9 Å². The summed E-state index contributed by atoms with van der Waals surface area (Å²) in [7, 11) is 1.66. The first-order chi connectivity index (χ1) is 14.1. The van der Waals surface area contributed by atoms with Crippen molar-refractivity contribution in [2.75, 3.05) is 20.4 Å². The first kappa shape index (κ1) is 18.9. The highest BCUT2D eigenvalue weighted by Gasteiger charge is 2.14. The highest BCUT2D eigenvalue weighted by atomic mass is 32.1. The fraction of sp³-hybridized carbons (Fsp3) is 0.190. The lowest BCUT2D eigenvalue weighted by Crippen LogP contribution is -2.30. The third kappa shape index (κ3) is 4.55. The fourth-order valence-corrected chi connectivity index (χ4v) is 3.77. The lowest BCUT2D eigenvalue weighted by molar-refractivity contribution is -0.147. The minimum Gasteiger partial charge on any atom is -0.454 e. The zero-order valence-corrected chi connectivity index (χ0v) is 16.5. The van der Waals surface area contributed by atoms with Gasteiger partial charge in [-0.1, -0.05) is 18.2 Å². The van der Waals surface area contributed by atoms with Crippen LogP contribution in [0.2, 0.25) is 0 Å². The molecule has 1 amide bonds. The topological polar surface area (TPSA) is 78.0 Å². The maximum atomic E-state index is 12.2. The van der Waals surface area contributed by atoms with Gasteiger partial charge in [0.25, 0.3) is 5.91 Å². The molecule has 0 saturated carbocycles. The summed E-state index contributed by atoms with van der Waals surface area (Å²) in [6, 6.07) is 13.1. The summed E-state index contributed by atoms with van der Waals surface area (Å²) in [4.78, 5) is 30.1. The summed E-state index contributed by atoms with van der Waals surface area (Å²) in [6.07, 6.45) is 2.87. The Morgan fingerprint density at radius 3 is 2.90 bits per heavy atom. The van der Waals surface area contributed by atoms with Crippen molar-refractivity contribution >= 4 is 39.5 Å². The van der Waals surface area contributed by atoms with Crippen LogP contribution in [0.1, 0.15) is 10.6 Å². The number of rotatable bonds is 6. The lowest BCUT2D eigenvalue weighted by atomic mass is 10.2. The number of carbonyl (C=O) groups is 2. The molecule has 0 bridgehead atoms. The number of fused-ring (bicyclic) bond motifs is 2. The quantitative estimate of drug-likeness (QED) is 0.459. The Bertz CT molecular complexity index is 1060. The van der Waals surface area contributed by atoms with Gasteiger partial charge in [-0.25, -0.2) is 9.78 Å². The van der Waals surface area contributed by atoms with Crippen LogP contribution in [0.25, 0.3) is 16.3 Å². The number of esters is 1. The number of para-hydroxylation sites is 1. The summed E-state index contributed by atoms with van der Waals surface area (Å²) in [5, 5.41) is 0.830. The number of benzene rings is 2. The van der Waals surface area contributed by atoms with Gasteiger partial charge in [-0.2, -0.15) is 0 Å². The summed E-state index contributed by atoms with van der Waals surface area (Å²) in [5.74, 6) is 0.414. The third-order valence-corrected chi connectivity index (χ3v) is 5.30. The van der Waals surface area contributed by atoms with E-state index < -0.39 is 5.97 Å². The normalized spacial score (nSPS) is 12.4. The molecule has 4 rings (SSSR count). The van der Waals surface area contributed by atoms with Crippen molar-refractivity contribution in [3.05, 3.63) is 59.1 Å². The zero-order chi connectivity index (χ0) is 20.2. The number of nitrogens with zero attached hydrogens (tertiary/aromatic N) is 2. The van der Waals surface area contributed by atoms with Crippen molar-refractivity contribution in [1.82, 2.24) is 9.88 Å². The van der Waals surface area contributed by atoms with Gasteiger partial charge in [-0.15, -0.1) is 11.3 Å². The number of aromatic nitrogens is 1. The highest BCUT2D eigenvalue weighted by Crippen LogP contribution is 2.32. The summed E-state index contributed by atoms with van der Waals surface area (Å²) >= 11 is 1.54. The number of hydrogen-bond acceptors (Lipinski definition) is 7. The van der Waals surface area contributed by atoms with E-state index in [1.54, 1.807) is 31.3 Å². The minimum absolute atomic E-state index is 0.192. The molecule has 2 heterocycles. The first-order valence-corrected chi connectivity index (χ1v) is 9.73. The molecule has 29 heavy (non-hydrogen) atoms. The van der Waals surface area contributed by atoms with Crippen molar-refractivity contribution in [1.29, 1.82) is 0 Å². The van der Waals surface area contributed by atoms with Crippen molar-refractivity contribution in [3.8, 4) is 11.5 Å². The van der Waals surface area contributed by atoms with E-state index in [1.165, 1.54) is 22.3 Å². The second kappa shape index (κ2) is 8.32. The largest absolute Gasteiger partial charge is 0.454 e. The van der Waals surface area contributed by atoms with Crippen LogP contribution in [0.4, 0.5) is 0 Å². The Balaban J connectivity index is 1.27. The molecule has 1 aliphatic heterocycles. The van der Waals surface area contributed by atoms with E-state index in [4.69, 9.17) is 14.2 Å². The second-order valence-electron chi connectivity index (χ2n) is 6.38. The second-order valence-corrected chi connectivity index (χ2v) is 7.49.